The second-order valence-electron chi connectivity index (χ2n) is 9.28. The molecule has 0 amide bonds. The van der Waals surface area contributed by atoms with Crippen molar-refractivity contribution in [3.63, 3.8) is 0 Å². The molecule has 1 saturated heterocycles. The maximum absolute atomic E-state index is 13.5. The molecule has 1 unspecified atom stereocenters. The highest BCUT2D eigenvalue weighted by molar-refractivity contribution is 6.33. The van der Waals surface area contributed by atoms with E-state index in [1.807, 2.05) is 67.9 Å². The molecule has 2 aliphatic heterocycles. The first kappa shape index (κ1) is 24.5. The quantitative estimate of drug-likeness (QED) is 0.352. The number of fused-ring (bicyclic) bond motifs is 1. The molecule has 1 atom stereocenters. The molecule has 2 N–H and O–H groups in total. The third kappa shape index (κ3) is 4.74. The van der Waals surface area contributed by atoms with Gasteiger partial charge in [0.1, 0.15) is 5.65 Å². The number of allylic oxidation sites excluding steroid dienone is 1. The summed E-state index contributed by atoms with van der Waals surface area (Å²) in [5, 5.41) is 7.88. The minimum Gasteiger partial charge on any atom is -0.371 e. The fourth-order valence-corrected chi connectivity index (χ4v) is 5.15. The number of benzene rings is 2. The molecule has 0 bridgehead atoms. The van der Waals surface area contributed by atoms with Gasteiger partial charge in [-0.2, -0.15) is 4.98 Å². The monoisotopic (exact) mass is 526 g/mol. The summed E-state index contributed by atoms with van der Waals surface area (Å²) in [6.45, 7) is 4.79. The predicted molar refractivity (Wildman–Crippen MR) is 152 cm³/mol. The van der Waals surface area contributed by atoms with E-state index in [-0.39, 0.29) is 11.7 Å². The summed E-state index contributed by atoms with van der Waals surface area (Å²) in [7, 11) is 0. The lowest BCUT2D eigenvalue weighted by Crippen LogP contribution is -2.33. The van der Waals surface area contributed by atoms with Gasteiger partial charge in [0.25, 0.3) is 5.56 Å². The maximum atomic E-state index is 13.5. The Bertz CT molecular complexity index is 1620. The second-order valence-corrected chi connectivity index (χ2v) is 9.68. The van der Waals surface area contributed by atoms with Crippen molar-refractivity contribution < 1.29 is 4.74 Å². The largest absolute Gasteiger partial charge is 0.371 e. The van der Waals surface area contributed by atoms with Crippen LogP contribution < -0.4 is 16.2 Å². The molecule has 0 spiro atoms. The van der Waals surface area contributed by atoms with E-state index in [0.29, 0.717) is 40.9 Å². The highest BCUT2D eigenvalue weighted by Crippen LogP contribution is 2.32. The third-order valence-electron chi connectivity index (χ3n) is 6.89. The molecule has 1 fully saturated rings. The smallest absolute Gasteiger partial charge is 0.260 e. The van der Waals surface area contributed by atoms with Gasteiger partial charge in [0.15, 0.2) is 0 Å². The lowest BCUT2D eigenvalue weighted by Gasteiger charge is -2.24. The number of ether oxygens (including phenoxy) is 1. The van der Waals surface area contributed by atoms with Gasteiger partial charge in [0, 0.05) is 71.9 Å². The van der Waals surface area contributed by atoms with Gasteiger partial charge in [-0.3, -0.25) is 14.4 Å². The summed E-state index contributed by atoms with van der Waals surface area (Å²) in [6, 6.07) is 15.6. The summed E-state index contributed by atoms with van der Waals surface area (Å²) in [5.41, 5.74) is 5.71. The molecule has 0 aliphatic carbocycles. The number of rotatable bonds is 6. The Labute approximate surface area is 225 Å². The molecule has 0 radical (unpaired) electrons. The van der Waals surface area contributed by atoms with Gasteiger partial charge in [-0.05, 0) is 47.9 Å². The first-order valence-corrected chi connectivity index (χ1v) is 13.1. The molecule has 4 aromatic rings. The first-order chi connectivity index (χ1) is 18.6. The Hall–Kier alpha value is -3.85. The van der Waals surface area contributed by atoms with E-state index >= 15 is 0 Å². The van der Waals surface area contributed by atoms with E-state index in [2.05, 4.69) is 25.6 Å². The van der Waals surface area contributed by atoms with Gasteiger partial charge in [-0.25, -0.2) is 4.98 Å². The Morgan fingerprint density at radius 2 is 2.03 bits per heavy atom. The number of anilines is 2. The summed E-state index contributed by atoms with van der Waals surface area (Å²) in [6.07, 6.45) is 6.27. The molecule has 2 aromatic heterocycles. The van der Waals surface area contributed by atoms with Crippen molar-refractivity contribution in [2.45, 2.75) is 26.0 Å². The number of morpholine rings is 1. The number of pyridine rings is 1. The summed E-state index contributed by atoms with van der Waals surface area (Å²) in [4.78, 5) is 26.9. The number of aryl methyl sites for hydroxylation is 1. The fraction of sp³-hybridized carbons (Fsp3) is 0.241. The lowest BCUT2D eigenvalue weighted by atomic mass is 10.00. The Balaban J connectivity index is 1.30. The van der Waals surface area contributed by atoms with Crippen LogP contribution in [-0.4, -0.2) is 40.4 Å². The van der Waals surface area contributed by atoms with Crippen LogP contribution in [0, 0.1) is 0 Å². The minimum absolute atomic E-state index is 0.0569. The number of halogens is 1. The fourth-order valence-electron chi connectivity index (χ4n) is 4.87. The van der Waals surface area contributed by atoms with Gasteiger partial charge >= 0.3 is 0 Å². The second kappa shape index (κ2) is 10.5. The molecule has 9 heteroatoms. The van der Waals surface area contributed by atoms with Crippen LogP contribution in [0.5, 0.6) is 0 Å². The maximum Gasteiger partial charge on any atom is 0.260 e. The predicted octanol–water partition coefficient (Wildman–Crippen LogP) is 5.35. The molecule has 2 aliphatic rings. The topological polar surface area (TPSA) is 93.4 Å². The van der Waals surface area contributed by atoms with Gasteiger partial charge in [-0.1, -0.05) is 35.9 Å². The van der Waals surface area contributed by atoms with Crippen LogP contribution >= 0.6 is 11.6 Å². The zero-order valence-corrected chi connectivity index (χ0v) is 21.7. The summed E-state index contributed by atoms with van der Waals surface area (Å²) >= 11 is 6.67. The van der Waals surface area contributed by atoms with Crippen molar-refractivity contribution in [1.29, 1.82) is 0 Å². The minimum atomic E-state index is -0.145. The Morgan fingerprint density at radius 1 is 1.16 bits per heavy atom. The summed E-state index contributed by atoms with van der Waals surface area (Å²) < 4.78 is 7.49. The van der Waals surface area contributed by atoms with Crippen molar-refractivity contribution in [2.75, 3.05) is 25.0 Å². The number of hydrogen-bond acceptors (Lipinski definition) is 7. The zero-order valence-electron chi connectivity index (χ0n) is 20.9. The molecule has 38 heavy (non-hydrogen) atoms. The van der Waals surface area contributed by atoms with E-state index in [0.717, 1.165) is 47.3 Å². The third-order valence-corrected chi connectivity index (χ3v) is 7.20. The van der Waals surface area contributed by atoms with Gasteiger partial charge < -0.3 is 15.4 Å². The van der Waals surface area contributed by atoms with Crippen molar-refractivity contribution in [1.82, 2.24) is 19.9 Å². The number of aromatic nitrogens is 3. The summed E-state index contributed by atoms with van der Waals surface area (Å²) in [5.74, 6) is 0.421. The van der Waals surface area contributed by atoms with E-state index in [1.54, 1.807) is 10.8 Å². The van der Waals surface area contributed by atoms with Crippen LogP contribution in [0.3, 0.4) is 0 Å². The number of hydrogen-bond donors (Lipinski definition) is 2. The van der Waals surface area contributed by atoms with E-state index < -0.39 is 0 Å². The van der Waals surface area contributed by atoms with Gasteiger partial charge in [0.05, 0.1) is 12.7 Å². The van der Waals surface area contributed by atoms with Crippen LogP contribution in [0.15, 0.2) is 70.7 Å². The normalized spacial score (nSPS) is 17.1. The standard InChI is InChI=1S/C29H27ClN6O2/c1-2-36-27-21(13-24(28(36)37)23-8-5-19(14-25(23)30)20-9-10-31-15-20)16-33-29(35-27)34-22-6-3-18(4-7-22)26-17-32-11-12-38-26/h3-8,10,13-16,26,32H,2,9,11-12,17H2,1H3,(H,33,34,35). The van der Waals surface area contributed by atoms with Crippen LogP contribution in [0.4, 0.5) is 11.6 Å². The van der Waals surface area contributed by atoms with E-state index in [1.165, 1.54) is 0 Å². The van der Waals surface area contributed by atoms with Gasteiger partial charge in [-0.15, -0.1) is 0 Å². The molecule has 8 nitrogen and oxygen atoms in total. The highest BCUT2D eigenvalue weighted by atomic mass is 35.5. The van der Waals surface area contributed by atoms with E-state index in [4.69, 9.17) is 16.3 Å². The van der Waals surface area contributed by atoms with Crippen molar-refractivity contribution >= 4 is 46.1 Å². The highest BCUT2D eigenvalue weighted by Gasteiger charge is 2.17. The first-order valence-electron chi connectivity index (χ1n) is 12.7. The molecule has 4 heterocycles. The molecular formula is C29H27ClN6O2. The van der Waals surface area contributed by atoms with E-state index in [9.17, 15) is 4.79 Å². The van der Waals surface area contributed by atoms with Crippen LogP contribution in [0.2, 0.25) is 5.02 Å². The van der Waals surface area contributed by atoms with Crippen molar-refractivity contribution in [2.24, 2.45) is 4.99 Å². The van der Waals surface area contributed by atoms with Crippen LogP contribution in [0.25, 0.3) is 27.7 Å². The average molecular weight is 527 g/mol. The van der Waals surface area contributed by atoms with Gasteiger partial charge in [0.2, 0.25) is 5.95 Å². The van der Waals surface area contributed by atoms with Crippen LogP contribution in [-0.2, 0) is 11.3 Å². The van der Waals surface area contributed by atoms with Crippen molar-refractivity contribution in [3.8, 4) is 11.1 Å². The molecule has 0 saturated carbocycles. The molecular weight excluding hydrogens is 500 g/mol. The number of nitrogens with one attached hydrogen (secondary N) is 2. The average Bonchev–Trinajstić information content (AvgIpc) is 3.49. The number of nitrogens with zero attached hydrogens (tertiary/aromatic N) is 4. The van der Waals surface area contributed by atoms with Crippen molar-refractivity contribution in [3.05, 3.63) is 87.4 Å². The zero-order chi connectivity index (χ0) is 26.1. The Kier molecular flexibility index (Phi) is 6.76. The number of aliphatic imine (C=N–C) groups is 1. The molecule has 6 rings (SSSR count). The SMILES string of the molecule is CCn1c(=O)c(-c2ccc(C3=CN=CC3)cc2Cl)cc2cnc(Nc3ccc(C4CNCCO4)cc3)nc21. The molecule has 192 valence electrons. The molecule has 2 aromatic carbocycles. The van der Waals surface area contributed by atoms with Crippen LogP contribution in [0.1, 0.15) is 30.6 Å². The lowest BCUT2D eigenvalue weighted by molar-refractivity contribution is 0.0277. The Morgan fingerprint density at radius 3 is 2.74 bits per heavy atom.